The predicted octanol–water partition coefficient (Wildman–Crippen LogP) is 3.98. The topological polar surface area (TPSA) is 139 Å². The minimum absolute atomic E-state index is 0.00752. The Hall–Kier alpha value is -1.79. The summed E-state index contributed by atoms with van der Waals surface area (Å²) in [6, 6.07) is 0.0481. The van der Waals surface area contributed by atoms with Crippen LogP contribution in [0.3, 0.4) is 0 Å². The Morgan fingerprint density at radius 3 is 2.27 bits per heavy atom. The van der Waals surface area contributed by atoms with E-state index in [-0.39, 0.29) is 40.7 Å². The molecule has 15 atom stereocenters. The van der Waals surface area contributed by atoms with E-state index >= 15 is 0 Å². The van der Waals surface area contributed by atoms with Crippen molar-refractivity contribution in [3.8, 4) is 0 Å². The van der Waals surface area contributed by atoms with E-state index in [4.69, 9.17) is 28.4 Å². The van der Waals surface area contributed by atoms with Gasteiger partial charge in [0.05, 0.1) is 17.8 Å². The maximum atomic E-state index is 12.5. The molecule has 0 unspecified atom stereocenters. The summed E-state index contributed by atoms with van der Waals surface area (Å²) >= 11 is 0. The number of fused-ring (bicyclic) bond motifs is 6. The van der Waals surface area contributed by atoms with E-state index in [1.807, 2.05) is 0 Å². The van der Waals surface area contributed by atoms with E-state index in [0.29, 0.717) is 11.8 Å². The molecule has 6 fully saturated rings. The fourth-order valence-corrected chi connectivity index (χ4v) is 11.0. The van der Waals surface area contributed by atoms with Gasteiger partial charge in [0.25, 0.3) is 6.48 Å². The monoisotopic (exact) mass is 635 g/mol. The van der Waals surface area contributed by atoms with Gasteiger partial charge in [0, 0.05) is 32.2 Å². The molecule has 4 aliphatic carbocycles. The molecule has 0 aromatic rings. The molecule has 0 spiro atoms. The summed E-state index contributed by atoms with van der Waals surface area (Å²) in [7, 11) is 0. The molecule has 11 heteroatoms. The largest absolute Gasteiger partial charge is 0.456 e. The molecule has 0 radical (unpaired) electrons. The van der Waals surface area contributed by atoms with Crippen LogP contribution in [-0.4, -0.2) is 77.9 Å². The lowest BCUT2D eigenvalue weighted by Gasteiger charge is -2.64. The minimum Gasteiger partial charge on any atom is -0.456 e. The number of carbonyl (C=O) groups is 3. The molecule has 6 aliphatic rings. The quantitative estimate of drug-likeness (QED) is 0.412. The number of esters is 2. The number of nitrogens with one attached hydrogen (secondary N) is 1. The summed E-state index contributed by atoms with van der Waals surface area (Å²) in [6.07, 6.45) is 4.67. The Kier molecular flexibility index (Phi) is 8.85. The lowest BCUT2D eigenvalue weighted by Crippen LogP contribution is -2.63. The van der Waals surface area contributed by atoms with Gasteiger partial charge in [-0.3, -0.25) is 19.1 Å². The van der Waals surface area contributed by atoms with Crippen LogP contribution in [0.4, 0.5) is 0 Å². The minimum atomic E-state index is -0.982. The van der Waals surface area contributed by atoms with Crippen LogP contribution in [0.5, 0.6) is 0 Å². The van der Waals surface area contributed by atoms with Crippen molar-refractivity contribution in [1.29, 1.82) is 0 Å². The second-order valence-corrected chi connectivity index (χ2v) is 15.4. The average molecular weight is 636 g/mol. The first-order valence-corrected chi connectivity index (χ1v) is 17.1. The first kappa shape index (κ1) is 33.1. The molecule has 4 saturated carbocycles. The van der Waals surface area contributed by atoms with E-state index < -0.39 is 54.7 Å². The van der Waals surface area contributed by atoms with Gasteiger partial charge in [0.1, 0.15) is 0 Å². The smallest absolute Gasteiger partial charge is 0.303 e. The van der Waals surface area contributed by atoms with Crippen LogP contribution in [0.1, 0.15) is 106 Å². The van der Waals surface area contributed by atoms with E-state index in [9.17, 15) is 19.5 Å². The Labute approximate surface area is 266 Å². The summed E-state index contributed by atoms with van der Waals surface area (Å²) in [5.74, 6) is 0.424. The molecule has 45 heavy (non-hydrogen) atoms. The van der Waals surface area contributed by atoms with E-state index in [2.05, 4.69) is 26.1 Å². The predicted molar refractivity (Wildman–Crippen MR) is 160 cm³/mol. The fourth-order valence-electron chi connectivity index (χ4n) is 11.0. The van der Waals surface area contributed by atoms with Gasteiger partial charge >= 0.3 is 11.9 Å². The second kappa shape index (κ2) is 12.0. The molecule has 254 valence electrons. The first-order valence-electron chi connectivity index (χ1n) is 17.1. The van der Waals surface area contributed by atoms with Crippen molar-refractivity contribution < 1.29 is 47.9 Å². The molecule has 2 heterocycles. The lowest BCUT2D eigenvalue weighted by atomic mass is 9.43. The third kappa shape index (κ3) is 5.62. The molecule has 0 aromatic carbocycles. The molecule has 1 amide bonds. The second-order valence-electron chi connectivity index (χ2n) is 15.4. The molecule has 0 aromatic heterocycles. The molecule has 11 nitrogen and oxygen atoms in total. The number of carbonyl (C=O) groups excluding carboxylic acids is 3. The van der Waals surface area contributed by atoms with Gasteiger partial charge in [-0.25, -0.2) is 0 Å². The lowest BCUT2D eigenvalue weighted by molar-refractivity contribution is -0.293. The van der Waals surface area contributed by atoms with E-state index in [1.54, 1.807) is 13.8 Å². The fraction of sp³-hybridized carbons (Fsp3) is 0.912. The number of ether oxygens (including phenoxy) is 6. The summed E-state index contributed by atoms with van der Waals surface area (Å²) in [5, 5.41) is 15.6. The number of amides is 1. The third-order valence-corrected chi connectivity index (χ3v) is 13.1. The molecule has 6 rings (SSSR count). The normalized spacial score (nSPS) is 49.5. The van der Waals surface area contributed by atoms with Crippen molar-refractivity contribution in [2.75, 3.05) is 0 Å². The van der Waals surface area contributed by atoms with Crippen molar-refractivity contribution in [2.24, 2.45) is 34.5 Å². The molecular formula is C34H53NO10. The van der Waals surface area contributed by atoms with Crippen LogP contribution in [0.25, 0.3) is 0 Å². The molecule has 2 aliphatic heterocycles. The van der Waals surface area contributed by atoms with Crippen molar-refractivity contribution in [1.82, 2.24) is 5.32 Å². The van der Waals surface area contributed by atoms with Crippen LogP contribution in [0.2, 0.25) is 0 Å². The standard InChI is InChI=1S/C34H53NO10/c1-17(35-19(3)36)24-12-15-34(39)26-9-8-22-16-23(10-13-32(22,6)25(26)11-14-33(24,34)7)43-31-44-29-28(42-21(5)38)27(41-20(4)37)18(2)40-30(29)45-31/h17-18,22-31,39H,8-16H2,1-7H3,(H,35,36)/t17-,18-,22+,23-,24+,25-,26+,27-,28+,29+,30+,31-,32-,33+,34-/m0/s1. The van der Waals surface area contributed by atoms with Crippen molar-refractivity contribution in [3.05, 3.63) is 0 Å². The van der Waals surface area contributed by atoms with Crippen molar-refractivity contribution in [2.45, 2.75) is 161 Å². The highest BCUT2D eigenvalue weighted by Crippen LogP contribution is 2.69. The van der Waals surface area contributed by atoms with Gasteiger partial charge in [0.15, 0.2) is 24.6 Å². The molecular weight excluding hydrogens is 582 g/mol. The van der Waals surface area contributed by atoms with Gasteiger partial charge in [-0.05, 0) is 101 Å². The van der Waals surface area contributed by atoms with E-state index in [0.717, 1.165) is 57.8 Å². The number of rotatable bonds is 6. The molecule has 0 bridgehead atoms. The Bertz CT molecular complexity index is 1170. The highest BCUT2D eigenvalue weighted by Gasteiger charge is 2.68. The maximum Gasteiger partial charge on any atom is 0.303 e. The number of hydrogen-bond donors (Lipinski definition) is 2. The van der Waals surface area contributed by atoms with Gasteiger partial charge in [-0.1, -0.05) is 13.8 Å². The van der Waals surface area contributed by atoms with Gasteiger partial charge < -0.3 is 34.1 Å². The van der Waals surface area contributed by atoms with Crippen LogP contribution < -0.4 is 5.32 Å². The van der Waals surface area contributed by atoms with Gasteiger partial charge in [-0.15, -0.1) is 0 Å². The maximum absolute atomic E-state index is 12.5. The number of hydrogen-bond acceptors (Lipinski definition) is 10. The average Bonchev–Trinajstić information content (AvgIpc) is 3.47. The highest BCUT2D eigenvalue weighted by molar-refractivity contribution is 5.73. The summed E-state index contributed by atoms with van der Waals surface area (Å²) in [4.78, 5) is 35.5. The van der Waals surface area contributed by atoms with Crippen LogP contribution in [0.15, 0.2) is 0 Å². The molecule has 2 saturated heterocycles. The van der Waals surface area contributed by atoms with Crippen molar-refractivity contribution in [3.63, 3.8) is 0 Å². The summed E-state index contributed by atoms with van der Waals surface area (Å²) in [5.41, 5.74) is -0.801. The molecule has 2 N–H and O–H groups in total. The summed E-state index contributed by atoms with van der Waals surface area (Å²) in [6.45, 7) is 11.8. The van der Waals surface area contributed by atoms with E-state index in [1.165, 1.54) is 13.8 Å². The Morgan fingerprint density at radius 2 is 1.58 bits per heavy atom. The summed E-state index contributed by atoms with van der Waals surface area (Å²) < 4.78 is 35.5. The van der Waals surface area contributed by atoms with Gasteiger partial charge in [-0.2, -0.15) is 0 Å². The third-order valence-electron chi connectivity index (χ3n) is 13.1. The van der Waals surface area contributed by atoms with Crippen LogP contribution in [0, 0.1) is 34.5 Å². The first-order chi connectivity index (χ1) is 21.2. The SMILES string of the molecule is CC(=O)N[C@@H](C)[C@H]1CC[C@]2(O)[C@@H]3CC[C@@H]4C[C@@H](O[C@@H]5O[C@H]6O[C@@H](C)[C@H](OC(C)=O)[C@@H](OC(C)=O)[C@H]6O5)CC[C@]4(C)[C@H]3CC[C@]12C. The van der Waals surface area contributed by atoms with Crippen LogP contribution >= 0.6 is 0 Å². The number of aliphatic hydroxyl groups is 1. The Balaban J connectivity index is 1.10. The zero-order valence-corrected chi connectivity index (χ0v) is 27.9. The zero-order chi connectivity index (χ0) is 32.5. The van der Waals surface area contributed by atoms with Crippen molar-refractivity contribution >= 4 is 17.8 Å². The highest BCUT2D eigenvalue weighted by atomic mass is 16.9. The van der Waals surface area contributed by atoms with Gasteiger partial charge in [0.2, 0.25) is 5.91 Å². The Morgan fingerprint density at radius 1 is 0.867 bits per heavy atom. The van der Waals surface area contributed by atoms with Crippen LogP contribution in [-0.2, 0) is 42.8 Å². The zero-order valence-electron chi connectivity index (χ0n) is 27.9.